The van der Waals surface area contributed by atoms with Crippen LogP contribution in [0.25, 0.3) is 15.8 Å². The van der Waals surface area contributed by atoms with Crippen molar-refractivity contribution in [2.45, 2.75) is 13.8 Å². The summed E-state index contributed by atoms with van der Waals surface area (Å²) in [6, 6.07) is 17.1. The lowest BCUT2D eigenvalue weighted by molar-refractivity contribution is -0.118. The summed E-state index contributed by atoms with van der Waals surface area (Å²) in [5.41, 5.74) is 3.11. The minimum absolute atomic E-state index is 0.201. The maximum absolute atomic E-state index is 12.5. The van der Waals surface area contributed by atoms with E-state index in [4.69, 9.17) is 4.74 Å². The molecule has 7 nitrogen and oxygen atoms in total. The average Bonchev–Trinajstić information content (AvgIpc) is 3.30. The number of nitriles is 1. The molecule has 0 saturated carbocycles. The molecule has 2 aromatic carbocycles. The number of fused-ring (bicyclic) bond motifs is 1. The highest BCUT2D eigenvalue weighted by atomic mass is 32.1. The van der Waals surface area contributed by atoms with Gasteiger partial charge in [-0.25, -0.2) is 4.68 Å². The number of nitrogens with one attached hydrogen (secondary N) is 1. The van der Waals surface area contributed by atoms with E-state index in [0.717, 1.165) is 26.9 Å². The normalized spacial score (nSPS) is 10.7. The third-order valence-electron chi connectivity index (χ3n) is 4.36. The van der Waals surface area contributed by atoms with E-state index in [9.17, 15) is 10.1 Å². The first kappa shape index (κ1) is 18.7. The summed E-state index contributed by atoms with van der Waals surface area (Å²) < 4.78 is 12.4. The highest BCUT2D eigenvalue weighted by molar-refractivity contribution is 7.13. The van der Waals surface area contributed by atoms with E-state index in [2.05, 4.69) is 14.8 Å². The van der Waals surface area contributed by atoms with Crippen LogP contribution in [0, 0.1) is 25.2 Å². The number of amides is 1. The number of ether oxygens (including phenoxy) is 1. The maximum atomic E-state index is 12.5. The van der Waals surface area contributed by atoms with Gasteiger partial charge in [0.2, 0.25) is 5.88 Å². The summed E-state index contributed by atoms with van der Waals surface area (Å²) in [5, 5.41) is 17.2. The molecule has 0 aliphatic carbocycles. The van der Waals surface area contributed by atoms with Gasteiger partial charge in [0.15, 0.2) is 12.3 Å². The van der Waals surface area contributed by atoms with Crippen molar-refractivity contribution in [1.29, 1.82) is 5.26 Å². The van der Waals surface area contributed by atoms with Gasteiger partial charge in [-0.2, -0.15) is 14.7 Å². The van der Waals surface area contributed by atoms with Gasteiger partial charge in [0, 0.05) is 6.07 Å². The maximum Gasteiger partial charge on any atom is 0.263 e. The first-order chi connectivity index (χ1) is 14.0. The van der Waals surface area contributed by atoms with E-state index in [-0.39, 0.29) is 18.2 Å². The molecule has 0 aliphatic heterocycles. The van der Waals surface area contributed by atoms with Crippen LogP contribution in [0.4, 0.5) is 5.82 Å². The first-order valence-electron chi connectivity index (χ1n) is 8.90. The molecule has 0 saturated heterocycles. The van der Waals surface area contributed by atoms with Gasteiger partial charge in [0.1, 0.15) is 11.9 Å². The van der Waals surface area contributed by atoms with Gasteiger partial charge >= 0.3 is 0 Å². The SMILES string of the molecule is Cc1ccc(-n2nc(C#N)cc2NC(=O)COc2nsc3ccccc23)c(C)c1. The van der Waals surface area contributed by atoms with Gasteiger partial charge in [0.25, 0.3) is 5.91 Å². The molecule has 0 bridgehead atoms. The van der Waals surface area contributed by atoms with E-state index in [0.29, 0.717) is 11.7 Å². The monoisotopic (exact) mass is 403 g/mol. The fraction of sp³-hybridized carbons (Fsp3) is 0.143. The Morgan fingerprint density at radius 2 is 2.07 bits per heavy atom. The summed E-state index contributed by atoms with van der Waals surface area (Å²) in [6.07, 6.45) is 0. The van der Waals surface area contributed by atoms with Gasteiger partial charge in [-0.05, 0) is 49.1 Å². The van der Waals surface area contributed by atoms with Crippen LogP contribution in [-0.2, 0) is 4.79 Å². The summed E-state index contributed by atoms with van der Waals surface area (Å²) in [6.45, 7) is 3.76. The van der Waals surface area contributed by atoms with Gasteiger partial charge < -0.3 is 10.1 Å². The molecule has 1 N–H and O–H groups in total. The Bertz CT molecular complexity index is 1250. The van der Waals surface area contributed by atoms with Crippen LogP contribution in [0.15, 0.2) is 48.5 Å². The fourth-order valence-electron chi connectivity index (χ4n) is 3.03. The van der Waals surface area contributed by atoms with Crippen LogP contribution in [0.5, 0.6) is 5.88 Å². The van der Waals surface area contributed by atoms with Crippen molar-refractivity contribution in [3.8, 4) is 17.6 Å². The molecular weight excluding hydrogens is 386 g/mol. The lowest BCUT2D eigenvalue weighted by atomic mass is 10.1. The Balaban J connectivity index is 1.53. The highest BCUT2D eigenvalue weighted by Crippen LogP contribution is 2.28. The smallest absolute Gasteiger partial charge is 0.263 e. The molecule has 0 atom stereocenters. The number of hydrogen-bond donors (Lipinski definition) is 1. The highest BCUT2D eigenvalue weighted by Gasteiger charge is 2.15. The molecular formula is C21H17N5O2S. The lowest BCUT2D eigenvalue weighted by Crippen LogP contribution is -2.22. The largest absolute Gasteiger partial charge is 0.466 e. The van der Waals surface area contributed by atoms with Crippen LogP contribution >= 0.6 is 11.5 Å². The predicted molar refractivity (Wildman–Crippen MR) is 111 cm³/mol. The van der Waals surface area contributed by atoms with Crippen molar-refractivity contribution in [3.05, 3.63) is 65.4 Å². The summed E-state index contributed by atoms with van der Waals surface area (Å²) >= 11 is 1.32. The quantitative estimate of drug-likeness (QED) is 0.544. The van der Waals surface area contributed by atoms with Crippen molar-refractivity contribution < 1.29 is 9.53 Å². The van der Waals surface area contributed by atoms with Crippen molar-refractivity contribution in [2.75, 3.05) is 11.9 Å². The van der Waals surface area contributed by atoms with Crippen molar-refractivity contribution in [1.82, 2.24) is 14.2 Å². The standard InChI is InChI=1S/C21H17N5O2S/c1-13-7-8-17(14(2)9-13)26-19(10-15(11-22)24-26)23-20(27)12-28-21-16-5-3-4-6-18(16)29-25-21/h3-10H,12H2,1-2H3,(H,23,27). The average molecular weight is 403 g/mol. The Kier molecular flexibility index (Phi) is 4.97. The van der Waals surface area contributed by atoms with Gasteiger partial charge in [-0.1, -0.05) is 29.8 Å². The predicted octanol–water partition coefficient (Wildman–Crippen LogP) is 3.99. The number of carbonyl (C=O) groups excluding carboxylic acids is 1. The van der Waals surface area contributed by atoms with E-state index in [1.807, 2.05) is 62.4 Å². The van der Waals surface area contributed by atoms with E-state index in [1.165, 1.54) is 17.6 Å². The number of aromatic nitrogens is 3. The molecule has 8 heteroatoms. The minimum atomic E-state index is -0.363. The molecule has 0 unspecified atom stereocenters. The van der Waals surface area contributed by atoms with E-state index < -0.39 is 0 Å². The molecule has 2 aromatic heterocycles. The van der Waals surface area contributed by atoms with Gasteiger partial charge in [-0.3, -0.25) is 4.79 Å². The Labute approximate surface area is 171 Å². The molecule has 4 aromatic rings. The molecule has 0 spiro atoms. The summed E-state index contributed by atoms with van der Waals surface area (Å²) in [7, 11) is 0. The molecule has 2 heterocycles. The van der Waals surface area contributed by atoms with Crippen molar-refractivity contribution in [3.63, 3.8) is 0 Å². The molecule has 29 heavy (non-hydrogen) atoms. The molecule has 0 fully saturated rings. The molecule has 1 amide bonds. The molecule has 0 radical (unpaired) electrons. The van der Waals surface area contributed by atoms with Crippen LogP contribution in [0.1, 0.15) is 16.8 Å². The Morgan fingerprint density at radius 3 is 2.86 bits per heavy atom. The number of hydrogen-bond acceptors (Lipinski definition) is 6. The van der Waals surface area contributed by atoms with Crippen molar-refractivity contribution >= 4 is 33.3 Å². The van der Waals surface area contributed by atoms with Crippen LogP contribution in [0.3, 0.4) is 0 Å². The van der Waals surface area contributed by atoms with E-state index in [1.54, 1.807) is 4.68 Å². The van der Waals surface area contributed by atoms with Crippen LogP contribution < -0.4 is 10.1 Å². The zero-order valence-electron chi connectivity index (χ0n) is 15.8. The third-order valence-corrected chi connectivity index (χ3v) is 5.17. The molecule has 4 rings (SSSR count). The number of carbonyl (C=O) groups is 1. The van der Waals surface area contributed by atoms with Crippen LogP contribution in [0.2, 0.25) is 0 Å². The van der Waals surface area contributed by atoms with Crippen LogP contribution in [-0.4, -0.2) is 26.7 Å². The summed E-state index contributed by atoms with van der Waals surface area (Å²) in [4.78, 5) is 12.5. The van der Waals surface area contributed by atoms with E-state index >= 15 is 0 Å². The minimum Gasteiger partial charge on any atom is -0.466 e. The number of aryl methyl sites for hydroxylation is 2. The zero-order chi connectivity index (χ0) is 20.4. The van der Waals surface area contributed by atoms with Gasteiger partial charge in [0.05, 0.1) is 15.8 Å². The number of anilines is 1. The number of nitrogens with zero attached hydrogens (tertiary/aromatic N) is 4. The molecule has 144 valence electrons. The van der Waals surface area contributed by atoms with Crippen molar-refractivity contribution in [2.24, 2.45) is 0 Å². The second-order valence-corrected chi connectivity index (χ2v) is 7.35. The Morgan fingerprint density at radius 1 is 1.24 bits per heavy atom. The molecule has 0 aliphatic rings. The fourth-order valence-corrected chi connectivity index (χ4v) is 3.76. The number of benzene rings is 2. The second-order valence-electron chi connectivity index (χ2n) is 6.55. The second kappa shape index (κ2) is 7.73. The zero-order valence-corrected chi connectivity index (χ0v) is 16.7. The number of rotatable bonds is 5. The topological polar surface area (TPSA) is 92.8 Å². The first-order valence-corrected chi connectivity index (χ1v) is 9.67. The third kappa shape index (κ3) is 3.81. The van der Waals surface area contributed by atoms with Gasteiger partial charge in [-0.15, -0.1) is 0 Å². The summed E-state index contributed by atoms with van der Waals surface area (Å²) in [5.74, 6) is 0.476. The Hall–Kier alpha value is -3.70. The lowest BCUT2D eigenvalue weighted by Gasteiger charge is -2.12.